The molecular weight excluding hydrogens is 244 g/mol. The Kier molecular flexibility index (Phi) is 3.60. The smallest absolute Gasteiger partial charge is 0.142 e. The fourth-order valence-corrected chi connectivity index (χ4v) is 2.75. The highest BCUT2D eigenvalue weighted by molar-refractivity contribution is 5.90. The molecular formula is C19H16O. The third-order valence-corrected chi connectivity index (χ3v) is 3.68. The van der Waals surface area contributed by atoms with Crippen molar-refractivity contribution < 1.29 is 4.79 Å². The van der Waals surface area contributed by atoms with Gasteiger partial charge in [-0.25, -0.2) is 0 Å². The number of aldehydes is 1. The molecule has 0 aromatic heterocycles. The first kappa shape index (κ1) is 12.6. The van der Waals surface area contributed by atoms with Crippen LogP contribution in [0, 0.1) is 0 Å². The third kappa shape index (κ3) is 2.35. The minimum atomic E-state index is 0.801. The molecule has 1 heteroatoms. The van der Waals surface area contributed by atoms with E-state index in [0.29, 0.717) is 0 Å². The maximum atomic E-state index is 10.4. The van der Waals surface area contributed by atoms with Crippen LogP contribution in [-0.2, 0) is 4.79 Å². The number of benzene rings is 1. The zero-order valence-corrected chi connectivity index (χ0v) is 11.3. The predicted octanol–water partition coefficient (Wildman–Crippen LogP) is 4.50. The van der Waals surface area contributed by atoms with Gasteiger partial charge in [-0.05, 0) is 46.8 Å². The number of allylic oxidation sites excluding steroid dienone is 10. The van der Waals surface area contributed by atoms with E-state index in [0.717, 1.165) is 24.7 Å². The average Bonchev–Trinajstić information content (AvgIpc) is 2.66. The molecule has 0 saturated carbocycles. The maximum Gasteiger partial charge on any atom is 0.142 e. The van der Waals surface area contributed by atoms with Gasteiger partial charge in [0.1, 0.15) is 6.29 Å². The van der Waals surface area contributed by atoms with Crippen LogP contribution in [0.4, 0.5) is 0 Å². The molecule has 0 heterocycles. The summed E-state index contributed by atoms with van der Waals surface area (Å²) < 4.78 is 0. The summed E-state index contributed by atoms with van der Waals surface area (Å²) in [5, 5.41) is 0. The highest BCUT2D eigenvalue weighted by Gasteiger charge is 2.16. The second-order valence-corrected chi connectivity index (χ2v) is 4.90. The summed E-state index contributed by atoms with van der Waals surface area (Å²) in [6.45, 7) is 0. The Balaban J connectivity index is 2.16. The molecule has 0 atom stereocenters. The van der Waals surface area contributed by atoms with E-state index in [4.69, 9.17) is 0 Å². The molecule has 0 saturated heterocycles. The fraction of sp³-hybridized carbons (Fsp3) is 0.105. The van der Waals surface area contributed by atoms with Crippen molar-refractivity contribution in [1.29, 1.82) is 0 Å². The van der Waals surface area contributed by atoms with Crippen molar-refractivity contribution in [1.82, 2.24) is 0 Å². The van der Waals surface area contributed by atoms with Crippen molar-refractivity contribution in [3.63, 3.8) is 0 Å². The summed E-state index contributed by atoms with van der Waals surface area (Å²) in [4.78, 5) is 10.4. The van der Waals surface area contributed by atoms with Gasteiger partial charge in [0.2, 0.25) is 0 Å². The minimum Gasteiger partial charge on any atom is -0.299 e. The topological polar surface area (TPSA) is 17.1 Å². The van der Waals surface area contributed by atoms with Crippen LogP contribution in [-0.4, -0.2) is 6.29 Å². The highest BCUT2D eigenvalue weighted by Crippen LogP contribution is 2.37. The number of carbonyl (C=O) groups excluding carboxylic acids is 1. The number of hydrogen-bond donors (Lipinski definition) is 0. The van der Waals surface area contributed by atoms with Gasteiger partial charge >= 0.3 is 0 Å². The van der Waals surface area contributed by atoms with Gasteiger partial charge in [0, 0.05) is 0 Å². The van der Waals surface area contributed by atoms with Crippen molar-refractivity contribution in [3.8, 4) is 0 Å². The molecule has 0 unspecified atom stereocenters. The standard InChI is InChI=1S/C19H16O/c20-14-6-5-8-16-13-12-15-7-1-2-9-17(15)19-11-4-3-10-18(16)19/h1,3-8,10-14H,2,9H2/b6-5+,16-8+. The lowest BCUT2D eigenvalue weighted by atomic mass is 9.89. The van der Waals surface area contributed by atoms with E-state index >= 15 is 0 Å². The Hall–Kier alpha value is -2.41. The van der Waals surface area contributed by atoms with Crippen molar-refractivity contribution >= 4 is 17.4 Å². The van der Waals surface area contributed by atoms with Gasteiger partial charge in [-0.15, -0.1) is 0 Å². The summed E-state index contributed by atoms with van der Waals surface area (Å²) in [6.07, 6.45) is 17.0. The number of carbonyl (C=O) groups is 1. The van der Waals surface area contributed by atoms with Gasteiger partial charge in [0.15, 0.2) is 0 Å². The average molecular weight is 260 g/mol. The van der Waals surface area contributed by atoms with Crippen LogP contribution in [0.1, 0.15) is 24.0 Å². The lowest BCUT2D eigenvalue weighted by Gasteiger charge is -2.15. The summed E-state index contributed by atoms with van der Waals surface area (Å²) in [5.74, 6) is 0. The van der Waals surface area contributed by atoms with E-state index < -0.39 is 0 Å². The normalized spacial score (nSPS) is 19.1. The van der Waals surface area contributed by atoms with Crippen LogP contribution < -0.4 is 0 Å². The van der Waals surface area contributed by atoms with Crippen LogP contribution in [0.25, 0.3) is 11.1 Å². The largest absolute Gasteiger partial charge is 0.299 e. The molecule has 2 aliphatic carbocycles. The zero-order chi connectivity index (χ0) is 13.8. The molecule has 1 aromatic carbocycles. The van der Waals surface area contributed by atoms with E-state index in [1.807, 2.05) is 6.08 Å². The second-order valence-electron chi connectivity index (χ2n) is 4.90. The molecule has 98 valence electrons. The number of fused-ring (bicyclic) bond motifs is 2. The van der Waals surface area contributed by atoms with E-state index in [1.165, 1.54) is 28.3 Å². The first-order valence-electron chi connectivity index (χ1n) is 6.90. The van der Waals surface area contributed by atoms with E-state index in [2.05, 4.69) is 48.6 Å². The predicted molar refractivity (Wildman–Crippen MR) is 84.1 cm³/mol. The van der Waals surface area contributed by atoms with Crippen LogP contribution in [0.15, 0.2) is 72.4 Å². The molecule has 1 nitrogen and oxygen atoms in total. The summed E-state index contributed by atoms with van der Waals surface area (Å²) in [6, 6.07) is 8.49. The molecule has 1 aromatic rings. The molecule has 0 amide bonds. The summed E-state index contributed by atoms with van der Waals surface area (Å²) >= 11 is 0. The fourth-order valence-electron chi connectivity index (χ4n) is 2.75. The summed E-state index contributed by atoms with van der Waals surface area (Å²) in [5.41, 5.74) is 6.40. The van der Waals surface area contributed by atoms with Gasteiger partial charge in [0.05, 0.1) is 0 Å². The van der Waals surface area contributed by atoms with Crippen molar-refractivity contribution in [2.24, 2.45) is 0 Å². The van der Waals surface area contributed by atoms with Gasteiger partial charge < -0.3 is 0 Å². The monoisotopic (exact) mass is 260 g/mol. The van der Waals surface area contributed by atoms with Crippen molar-refractivity contribution in [2.75, 3.05) is 0 Å². The number of rotatable bonds is 2. The zero-order valence-electron chi connectivity index (χ0n) is 11.3. The first-order valence-corrected chi connectivity index (χ1v) is 6.90. The van der Waals surface area contributed by atoms with Crippen LogP contribution >= 0.6 is 0 Å². The quantitative estimate of drug-likeness (QED) is 0.565. The first-order chi connectivity index (χ1) is 9.90. The van der Waals surface area contributed by atoms with Gasteiger partial charge in [-0.1, -0.05) is 60.7 Å². The third-order valence-electron chi connectivity index (χ3n) is 3.68. The lowest BCUT2D eigenvalue weighted by molar-refractivity contribution is -0.104. The SMILES string of the molecule is O=C/C=C/C=C1\C=CC2=C(CCC=C2)c2ccccc21. The molecule has 0 radical (unpaired) electrons. The molecule has 0 spiro atoms. The highest BCUT2D eigenvalue weighted by atomic mass is 16.1. The molecule has 3 rings (SSSR count). The molecule has 2 aliphatic rings. The second kappa shape index (κ2) is 5.70. The molecule has 0 aliphatic heterocycles. The molecule has 20 heavy (non-hydrogen) atoms. The summed E-state index contributed by atoms with van der Waals surface area (Å²) in [7, 11) is 0. The van der Waals surface area contributed by atoms with Crippen LogP contribution in [0.5, 0.6) is 0 Å². The van der Waals surface area contributed by atoms with E-state index in [9.17, 15) is 4.79 Å². The minimum absolute atomic E-state index is 0.801. The molecule has 0 fully saturated rings. The van der Waals surface area contributed by atoms with Crippen molar-refractivity contribution in [3.05, 3.63) is 83.5 Å². The maximum absolute atomic E-state index is 10.4. The van der Waals surface area contributed by atoms with Crippen LogP contribution in [0.3, 0.4) is 0 Å². The van der Waals surface area contributed by atoms with Crippen LogP contribution in [0.2, 0.25) is 0 Å². The Morgan fingerprint density at radius 3 is 2.65 bits per heavy atom. The Morgan fingerprint density at radius 2 is 1.80 bits per heavy atom. The van der Waals surface area contributed by atoms with Gasteiger partial charge in [0.25, 0.3) is 0 Å². The number of hydrogen-bond acceptors (Lipinski definition) is 1. The van der Waals surface area contributed by atoms with Crippen molar-refractivity contribution in [2.45, 2.75) is 12.8 Å². The van der Waals surface area contributed by atoms with E-state index in [-0.39, 0.29) is 0 Å². The Bertz CT molecular complexity index is 681. The van der Waals surface area contributed by atoms with Gasteiger partial charge in [-0.3, -0.25) is 4.79 Å². The van der Waals surface area contributed by atoms with Gasteiger partial charge in [-0.2, -0.15) is 0 Å². The lowest BCUT2D eigenvalue weighted by Crippen LogP contribution is -1.95. The Morgan fingerprint density at radius 1 is 0.950 bits per heavy atom. The van der Waals surface area contributed by atoms with E-state index in [1.54, 1.807) is 6.08 Å². The molecule has 0 N–H and O–H groups in total. The Labute approximate surface area is 119 Å². The molecule has 0 bridgehead atoms.